The molecule has 0 bridgehead atoms. The monoisotopic (exact) mass is 775 g/mol. The molecule has 0 amide bonds. The molecule has 0 spiro atoms. The van der Waals surface area contributed by atoms with Gasteiger partial charge in [0.15, 0.2) is 0 Å². The molecule has 4 atom stereocenters. The van der Waals surface area contributed by atoms with Gasteiger partial charge in [-0.3, -0.25) is 0 Å². The van der Waals surface area contributed by atoms with Gasteiger partial charge in [-0.15, -0.1) is 0 Å². The molecule has 5 aliphatic carbocycles. The first-order chi connectivity index (χ1) is 29.3. The van der Waals surface area contributed by atoms with Crippen LogP contribution in [-0.4, -0.2) is 6.10 Å². The predicted molar refractivity (Wildman–Crippen MR) is 249 cm³/mol. The molecule has 6 aliphatic rings. The number of ether oxygens (including phenoxy) is 1. The summed E-state index contributed by atoms with van der Waals surface area (Å²) in [6, 6.07) is 47.5. The molecule has 0 fully saturated rings. The highest BCUT2D eigenvalue weighted by atomic mass is 16.5. The third-order valence-electron chi connectivity index (χ3n) is 14.8. The summed E-state index contributed by atoms with van der Waals surface area (Å²) in [6.07, 6.45) is 21.1. The predicted octanol–water partition coefficient (Wildman–Crippen LogP) is 14.4. The third-order valence-corrected chi connectivity index (χ3v) is 14.8. The normalized spacial score (nSPS) is 23.2. The zero-order chi connectivity index (χ0) is 40.3. The number of anilines is 1. The Labute approximate surface area is 354 Å². The lowest BCUT2D eigenvalue weighted by molar-refractivity contribution is 0.267. The van der Waals surface area contributed by atoms with Crippen molar-refractivity contribution in [3.63, 3.8) is 0 Å². The Morgan fingerprint density at radius 2 is 1.45 bits per heavy atom. The average molecular weight is 776 g/mol. The van der Waals surface area contributed by atoms with E-state index in [0.29, 0.717) is 5.92 Å². The van der Waals surface area contributed by atoms with Crippen molar-refractivity contribution in [3.05, 3.63) is 226 Å². The van der Waals surface area contributed by atoms with E-state index in [0.717, 1.165) is 24.3 Å². The standard InChI is InChI=1S/C58H49NO/c1-57(2)51-22-11-8-19-45(51)49-33-38(25-31-52(49)57)56-42-17-6-5-14-36(42)24-28-43(56)37-15-13-16-39(32-37)59(41-27-30-48-47-20-9-12-23-54(47)60-55(48)35-41)40-26-29-46-44-18-7-10-21-50(44)58(3,4)53(46)34-40/h5-30,33-35,37,48,52,55H,31-32H2,1-4H3. The highest BCUT2D eigenvalue weighted by Crippen LogP contribution is 2.55. The molecule has 0 N–H and O–H groups in total. The number of nitrogens with zero attached hydrogens (tertiary/aromatic N) is 1. The van der Waals surface area contributed by atoms with E-state index in [4.69, 9.17) is 4.74 Å². The van der Waals surface area contributed by atoms with Gasteiger partial charge < -0.3 is 9.64 Å². The maximum atomic E-state index is 6.64. The summed E-state index contributed by atoms with van der Waals surface area (Å²) >= 11 is 0. The van der Waals surface area contributed by atoms with Crippen LogP contribution in [0.5, 0.6) is 5.75 Å². The van der Waals surface area contributed by atoms with Crippen molar-refractivity contribution in [1.82, 2.24) is 0 Å². The first-order valence-corrected chi connectivity index (χ1v) is 21.9. The average Bonchev–Trinajstić information content (AvgIpc) is 3.85. The Kier molecular flexibility index (Phi) is 7.74. The Hall–Kier alpha value is -6.38. The van der Waals surface area contributed by atoms with Crippen LogP contribution in [0.4, 0.5) is 5.69 Å². The van der Waals surface area contributed by atoms with E-state index in [1.165, 1.54) is 83.4 Å². The van der Waals surface area contributed by atoms with Crippen LogP contribution < -0.4 is 9.64 Å². The van der Waals surface area contributed by atoms with Gasteiger partial charge >= 0.3 is 0 Å². The molecule has 0 radical (unpaired) electrons. The fourth-order valence-electron chi connectivity index (χ4n) is 11.8. The highest BCUT2D eigenvalue weighted by Gasteiger charge is 2.44. The lowest BCUT2D eigenvalue weighted by Crippen LogP contribution is -2.28. The van der Waals surface area contributed by atoms with Gasteiger partial charge in [0.2, 0.25) is 0 Å². The van der Waals surface area contributed by atoms with Crippen LogP contribution >= 0.6 is 0 Å². The van der Waals surface area contributed by atoms with Gasteiger partial charge in [-0.05, 0) is 127 Å². The molecular formula is C58H49NO. The van der Waals surface area contributed by atoms with E-state index in [1.807, 2.05) is 0 Å². The van der Waals surface area contributed by atoms with Gasteiger partial charge in [-0.1, -0.05) is 167 Å². The topological polar surface area (TPSA) is 12.5 Å². The van der Waals surface area contributed by atoms with Crippen molar-refractivity contribution in [2.45, 2.75) is 69.3 Å². The molecule has 1 heterocycles. The van der Waals surface area contributed by atoms with Crippen LogP contribution in [0.25, 0.3) is 33.0 Å². The summed E-state index contributed by atoms with van der Waals surface area (Å²) in [5.74, 6) is 1.86. The Balaban J connectivity index is 0.966. The van der Waals surface area contributed by atoms with Crippen LogP contribution in [0.3, 0.4) is 0 Å². The van der Waals surface area contributed by atoms with Gasteiger partial charge in [0, 0.05) is 39.9 Å². The zero-order valence-corrected chi connectivity index (χ0v) is 34.8. The number of rotatable bonds is 5. The fraction of sp³-hybridized carbons (Fsp3) is 0.207. The maximum Gasteiger partial charge on any atom is 0.130 e. The first kappa shape index (κ1) is 35.6. The van der Waals surface area contributed by atoms with Crippen molar-refractivity contribution < 1.29 is 4.74 Å². The molecule has 0 aromatic heterocycles. The number of allylic oxidation sites excluding steroid dienone is 9. The van der Waals surface area contributed by atoms with Crippen LogP contribution in [0.1, 0.15) is 91.3 Å². The quantitative estimate of drug-likeness (QED) is 0.173. The van der Waals surface area contributed by atoms with Crippen LogP contribution in [0.2, 0.25) is 0 Å². The smallest absolute Gasteiger partial charge is 0.130 e. The van der Waals surface area contributed by atoms with E-state index in [-0.39, 0.29) is 28.8 Å². The molecule has 6 aromatic rings. The number of hydrogen-bond donors (Lipinski definition) is 0. The van der Waals surface area contributed by atoms with Crippen molar-refractivity contribution >= 4 is 27.6 Å². The number of hydrogen-bond acceptors (Lipinski definition) is 2. The zero-order valence-electron chi connectivity index (χ0n) is 34.8. The Morgan fingerprint density at radius 1 is 0.683 bits per heavy atom. The van der Waals surface area contributed by atoms with Crippen molar-refractivity contribution in [2.75, 3.05) is 4.90 Å². The molecule has 4 unspecified atom stereocenters. The summed E-state index contributed by atoms with van der Waals surface area (Å²) in [4.78, 5) is 2.53. The maximum absolute atomic E-state index is 6.64. The molecule has 0 saturated heterocycles. The number of para-hydroxylation sites is 1. The van der Waals surface area contributed by atoms with Gasteiger partial charge in [0.1, 0.15) is 11.9 Å². The molecule has 60 heavy (non-hydrogen) atoms. The molecule has 2 heteroatoms. The SMILES string of the molecule is CC1(C)c2ccccc2-c2ccc(N(C3=CC4Oc5ccccc5C4C=C3)C3=CC=CC(c4ccc5ccccc5c4C4=CCC5C(=C4)c4ccccc4C5(C)C)C3)cc21. The summed E-state index contributed by atoms with van der Waals surface area (Å²) in [7, 11) is 0. The van der Waals surface area contributed by atoms with E-state index in [2.05, 4.69) is 209 Å². The van der Waals surface area contributed by atoms with E-state index >= 15 is 0 Å². The summed E-state index contributed by atoms with van der Waals surface area (Å²) in [5.41, 5.74) is 18.8. The highest BCUT2D eigenvalue weighted by molar-refractivity contribution is 6.01. The van der Waals surface area contributed by atoms with E-state index < -0.39 is 0 Å². The molecular weight excluding hydrogens is 727 g/mol. The molecule has 2 nitrogen and oxygen atoms in total. The second-order valence-corrected chi connectivity index (χ2v) is 18.8. The van der Waals surface area contributed by atoms with Crippen molar-refractivity contribution in [2.24, 2.45) is 5.92 Å². The minimum Gasteiger partial charge on any atom is -0.485 e. The second kappa shape index (κ2) is 13.1. The third kappa shape index (κ3) is 5.19. The van der Waals surface area contributed by atoms with Gasteiger partial charge in [-0.25, -0.2) is 0 Å². The minimum atomic E-state index is -0.106. The first-order valence-electron chi connectivity index (χ1n) is 21.9. The molecule has 12 rings (SSSR count). The largest absolute Gasteiger partial charge is 0.485 e. The number of benzene rings is 6. The van der Waals surface area contributed by atoms with Crippen LogP contribution in [0, 0.1) is 5.92 Å². The van der Waals surface area contributed by atoms with E-state index in [9.17, 15) is 0 Å². The van der Waals surface area contributed by atoms with Crippen LogP contribution in [0.15, 0.2) is 187 Å². The summed E-state index contributed by atoms with van der Waals surface area (Å²) < 4.78 is 6.64. The lowest BCUT2D eigenvalue weighted by Gasteiger charge is -2.35. The van der Waals surface area contributed by atoms with Gasteiger partial charge in [0.25, 0.3) is 0 Å². The van der Waals surface area contributed by atoms with Crippen molar-refractivity contribution in [3.8, 4) is 16.9 Å². The van der Waals surface area contributed by atoms with Crippen LogP contribution in [-0.2, 0) is 10.8 Å². The van der Waals surface area contributed by atoms with Gasteiger partial charge in [-0.2, -0.15) is 0 Å². The van der Waals surface area contributed by atoms with Crippen molar-refractivity contribution in [1.29, 1.82) is 0 Å². The Bertz CT molecular complexity index is 3000. The summed E-state index contributed by atoms with van der Waals surface area (Å²) in [5, 5.41) is 2.61. The fourth-order valence-corrected chi connectivity index (χ4v) is 11.8. The minimum absolute atomic E-state index is 0.0524. The number of fused-ring (bicyclic) bond motifs is 10. The molecule has 292 valence electrons. The Morgan fingerprint density at radius 3 is 2.35 bits per heavy atom. The molecule has 0 saturated carbocycles. The second-order valence-electron chi connectivity index (χ2n) is 18.8. The van der Waals surface area contributed by atoms with E-state index in [1.54, 1.807) is 0 Å². The lowest BCUT2D eigenvalue weighted by atomic mass is 9.72. The molecule has 1 aliphatic heterocycles. The summed E-state index contributed by atoms with van der Waals surface area (Å²) in [6.45, 7) is 9.62. The molecule has 6 aromatic carbocycles. The van der Waals surface area contributed by atoms with Gasteiger partial charge in [0.05, 0.1) is 0 Å².